The summed E-state index contributed by atoms with van der Waals surface area (Å²) in [6.07, 6.45) is 4.42. The van der Waals surface area contributed by atoms with Crippen molar-refractivity contribution in [3.63, 3.8) is 0 Å². The van der Waals surface area contributed by atoms with E-state index in [1.54, 1.807) is 12.1 Å². The number of fused-ring (bicyclic) bond motifs is 1. The van der Waals surface area contributed by atoms with E-state index in [0.717, 1.165) is 24.8 Å². The van der Waals surface area contributed by atoms with E-state index in [1.165, 1.54) is 12.1 Å². The van der Waals surface area contributed by atoms with Crippen molar-refractivity contribution in [2.24, 2.45) is 17.1 Å². The van der Waals surface area contributed by atoms with E-state index in [9.17, 15) is 20.2 Å². The second kappa shape index (κ2) is 5.84. The van der Waals surface area contributed by atoms with Crippen LogP contribution in [0.25, 0.3) is 0 Å². The highest BCUT2D eigenvalue weighted by Gasteiger charge is 2.53. The average Bonchev–Trinajstić information content (AvgIpc) is 2.61. The lowest BCUT2D eigenvalue weighted by molar-refractivity contribution is 0.317. The first kappa shape index (κ1) is 15.8. The molecule has 2 N–H and O–H groups in total. The monoisotopic (exact) mass is 318 g/mol. The molecule has 2 atom stereocenters. The predicted molar refractivity (Wildman–Crippen MR) is 85.1 cm³/mol. The number of hydrogen-bond donors (Lipinski definition) is 1. The maximum atomic E-state index is 13.8. The Bertz CT molecular complexity index is 862. The number of nitrogens with two attached hydrogens (primary N) is 1. The van der Waals surface area contributed by atoms with Crippen LogP contribution >= 0.6 is 0 Å². The molecular weight excluding hydrogens is 303 g/mol. The second-order valence-electron chi connectivity index (χ2n) is 6.16. The van der Waals surface area contributed by atoms with E-state index in [-0.39, 0.29) is 17.2 Å². The van der Waals surface area contributed by atoms with Crippen LogP contribution in [0.4, 0.5) is 4.39 Å². The van der Waals surface area contributed by atoms with Gasteiger partial charge in [-0.15, -0.1) is 0 Å². The minimum Gasteiger partial charge on any atom is -0.399 e. The van der Waals surface area contributed by atoms with Crippen LogP contribution in [0.5, 0.6) is 0 Å². The first-order valence-corrected chi connectivity index (χ1v) is 7.77. The Kier molecular flexibility index (Phi) is 3.84. The Balaban J connectivity index is 2.34. The van der Waals surface area contributed by atoms with Crippen LogP contribution in [-0.2, 0) is 0 Å². The van der Waals surface area contributed by atoms with Gasteiger partial charge in [-0.3, -0.25) is 0 Å². The van der Waals surface area contributed by atoms with Crippen LogP contribution in [0.3, 0.4) is 0 Å². The highest BCUT2D eigenvalue weighted by Crippen LogP contribution is 2.55. The van der Waals surface area contributed by atoms with Gasteiger partial charge in [0.25, 0.3) is 0 Å². The van der Waals surface area contributed by atoms with Crippen LogP contribution in [0.15, 0.2) is 47.2 Å². The number of allylic oxidation sites excluding steroid dienone is 4. The van der Waals surface area contributed by atoms with Gasteiger partial charge in [0.1, 0.15) is 11.9 Å². The summed E-state index contributed by atoms with van der Waals surface area (Å²) in [6.45, 7) is 0. The molecule has 0 aliphatic heterocycles. The molecule has 0 spiro atoms. The van der Waals surface area contributed by atoms with E-state index in [4.69, 9.17) is 5.73 Å². The van der Waals surface area contributed by atoms with Gasteiger partial charge in [-0.2, -0.15) is 15.8 Å². The minimum atomic E-state index is -1.67. The zero-order valence-electron chi connectivity index (χ0n) is 13.0. The molecule has 0 fully saturated rings. The molecule has 4 nitrogen and oxygen atoms in total. The van der Waals surface area contributed by atoms with Gasteiger partial charge in [0.2, 0.25) is 0 Å². The lowest BCUT2D eigenvalue weighted by Gasteiger charge is -2.43. The van der Waals surface area contributed by atoms with E-state index >= 15 is 0 Å². The smallest absolute Gasteiger partial charge is 0.191 e. The molecule has 3 rings (SSSR count). The topological polar surface area (TPSA) is 97.4 Å². The highest BCUT2D eigenvalue weighted by molar-refractivity contribution is 5.59. The van der Waals surface area contributed by atoms with Crippen LogP contribution < -0.4 is 5.73 Å². The average molecular weight is 318 g/mol. The zero-order chi connectivity index (χ0) is 17.3. The first-order chi connectivity index (χ1) is 11.6. The maximum absolute atomic E-state index is 13.8. The van der Waals surface area contributed by atoms with Gasteiger partial charge in [0.15, 0.2) is 5.41 Å². The lowest BCUT2D eigenvalue weighted by Crippen LogP contribution is -2.42. The molecule has 0 amide bonds. The summed E-state index contributed by atoms with van der Waals surface area (Å²) in [4.78, 5) is 0. The van der Waals surface area contributed by atoms with Crippen molar-refractivity contribution >= 4 is 0 Å². The molecule has 0 bridgehead atoms. The molecule has 1 aromatic rings. The molecule has 0 heterocycles. The largest absolute Gasteiger partial charge is 0.399 e. The second-order valence-corrected chi connectivity index (χ2v) is 6.16. The number of benzene rings is 1. The molecule has 118 valence electrons. The van der Waals surface area contributed by atoms with Gasteiger partial charge < -0.3 is 5.73 Å². The third-order valence-corrected chi connectivity index (χ3v) is 5.01. The lowest BCUT2D eigenvalue weighted by atomic mass is 9.57. The molecule has 5 heteroatoms. The van der Waals surface area contributed by atoms with E-state index in [0.29, 0.717) is 5.56 Å². The number of rotatable bonds is 1. The third kappa shape index (κ3) is 2.08. The Morgan fingerprint density at radius 3 is 2.58 bits per heavy atom. The summed E-state index contributed by atoms with van der Waals surface area (Å²) < 4.78 is 13.8. The molecule has 1 aromatic carbocycles. The Labute approximate surface area is 139 Å². The molecule has 0 saturated heterocycles. The SMILES string of the molecule is N#CC1=C(N)C(C#N)(C#N)[C@H](c2cccc(F)c2)[C@@H]2CCCC=C12. The molecule has 24 heavy (non-hydrogen) atoms. The molecule has 0 saturated carbocycles. The standard InChI is InChI=1S/C19H15FN4/c20-13-5-3-4-12(8-13)17-15-7-2-1-6-14(15)16(9-21)18(24)19(17,10-22)11-23/h3-6,8,15,17H,1-2,7,24H2/t15-,17-/m1/s1. The number of halogens is 1. The van der Waals surface area contributed by atoms with Crippen molar-refractivity contribution in [3.8, 4) is 18.2 Å². The maximum Gasteiger partial charge on any atom is 0.191 e. The zero-order valence-corrected chi connectivity index (χ0v) is 13.0. The van der Waals surface area contributed by atoms with Crippen molar-refractivity contribution in [2.45, 2.75) is 25.2 Å². The fraction of sp³-hybridized carbons (Fsp3) is 0.316. The normalized spacial score (nSPS) is 24.8. The molecule has 0 unspecified atom stereocenters. The van der Waals surface area contributed by atoms with E-state index < -0.39 is 17.2 Å². The van der Waals surface area contributed by atoms with Crippen molar-refractivity contribution in [2.75, 3.05) is 0 Å². The Morgan fingerprint density at radius 1 is 1.21 bits per heavy atom. The molecule has 2 aliphatic carbocycles. The van der Waals surface area contributed by atoms with Crippen LogP contribution in [0, 0.1) is 51.1 Å². The van der Waals surface area contributed by atoms with Gasteiger partial charge in [0, 0.05) is 5.92 Å². The first-order valence-electron chi connectivity index (χ1n) is 7.77. The predicted octanol–water partition coefficient (Wildman–Crippen LogP) is 3.42. The molecule has 2 aliphatic rings. The summed E-state index contributed by atoms with van der Waals surface area (Å²) in [5.74, 6) is -1.21. The number of nitrogens with zero attached hydrogens (tertiary/aromatic N) is 3. The Hall–Kier alpha value is -3.10. The molecular formula is C19H15FN4. The summed E-state index contributed by atoms with van der Waals surface area (Å²) in [7, 11) is 0. The van der Waals surface area contributed by atoms with Gasteiger partial charge in [-0.25, -0.2) is 4.39 Å². The number of nitriles is 3. The summed E-state index contributed by atoms with van der Waals surface area (Å²) >= 11 is 0. The van der Waals surface area contributed by atoms with Crippen LogP contribution in [-0.4, -0.2) is 0 Å². The summed E-state index contributed by atoms with van der Waals surface area (Å²) in [6, 6.07) is 12.1. The fourth-order valence-corrected chi connectivity index (χ4v) is 3.95. The molecule has 0 radical (unpaired) electrons. The summed E-state index contributed by atoms with van der Waals surface area (Å²) in [5, 5.41) is 29.1. The highest BCUT2D eigenvalue weighted by atomic mass is 19.1. The van der Waals surface area contributed by atoms with E-state index in [2.05, 4.69) is 6.07 Å². The number of hydrogen-bond acceptors (Lipinski definition) is 4. The van der Waals surface area contributed by atoms with Crippen molar-refractivity contribution in [3.05, 3.63) is 58.6 Å². The van der Waals surface area contributed by atoms with Gasteiger partial charge in [-0.1, -0.05) is 18.2 Å². The minimum absolute atomic E-state index is 0.0198. The van der Waals surface area contributed by atoms with Crippen molar-refractivity contribution in [1.29, 1.82) is 15.8 Å². The van der Waals surface area contributed by atoms with Gasteiger partial charge in [0.05, 0.1) is 23.4 Å². The third-order valence-electron chi connectivity index (χ3n) is 5.01. The Morgan fingerprint density at radius 2 is 1.96 bits per heavy atom. The van der Waals surface area contributed by atoms with Gasteiger partial charge in [-0.05, 0) is 48.4 Å². The molecule has 0 aromatic heterocycles. The fourth-order valence-electron chi connectivity index (χ4n) is 3.95. The van der Waals surface area contributed by atoms with Crippen LogP contribution in [0.2, 0.25) is 0 Å². The van der Waals surface area contributed by atoms with Crippen molar-refractivity contribution in [1.82, 2.24) is 0 Å². The quantitative estimate of drug-likeness (QED) is 0.857. The van der Waals surface area contributed by atoms with Gasteiger partial charge >= 0.3 is 0 Å². The van der Waals surface area contributed by atoms with E-state index in [1.807, 2.05) is 18.2 Å². The van der Waals surface area contributed by atoms with Crippen molar-refractivity contribution < 1.29 is 4.39 Å². The summed E-state index contributed by atoms with van der Waals surface area (Å²) in [5.41, 5.74) is 6.04. The van der Waals surface area contributed by atoms with Crippen LogP contribution in [0.1, 0.15) is 30.7 Å².